The molecular weight excluding hydrogens is 226 g/mol. The second kappa shape index (κ2) is 5.53. The van der Waals surface area contributed by atoms with Crippen molar-refractivity contribution >= 4 is 11.6 Å². The molecule has 1 saturated carbocycles. The van der Waals surface area contributed by atoms with Crippen molar-refractivity contribution in [2.45, 2.75) is 19.4 Å². The Morgan fingerprint density at radius 2 is 2.25 bits per heavy atom. The minimum absolute atomic E-state index is 0.579. The zero-order valence-corrected chi connectivity index (χ0v) is 10.1. The van der Waals surface area contributed by atoms with Crippen LogP contribution in [-0.2, 0) is 11.4 Å². The van der Waals surface area contributed by atoms with Gasteiger partial charge >= 0.3 is 0 Å². The SMILES string of the molecule is CONCc1cccc(OCC2CC2)c1Cl. The van der Waals surface area contributed by atoms with E-state index >= 15 is 0 Å². The molecule has 0 aromatic heterocycles. The van der Waals surface area contributed by atoms with Gasteiger partial charge in [-0.1, -0.05) is 23.7 Å². The molecule has 1 aliphatic carbocycles. The van der Waals surface area contributed by atoms with Crippen molar-refractivity contribution in [3.8, 4) is 5.75 Å². The summed E-state index contributed by atoms with van der Waals surface area (Å²) in [4.78, 5) is 4.80. The standard InChI is InChI=1S/C12H16ClNO2/c1-15-14-7-10-3-2-4-11(12(10)13)16-8-9-5-6-9/h2-4,9,14H,5-8H2,1H3. The fourth-order valence-corrected chi connectivity index (χ4v) is 1.69. The zero-order chi connectivity index (χ0) is 11.4. The number of rotatable bonds is 6. The van der Waals surface area contributed by atoms with Gasteiger partial charge < -0.3 is 9.57 Å². The lowest BCUT2D eigenvalue weighted by Gasteiger charge is -2.11. The van der Waals surface area contributed by atoms with Gasteiger partial charge in [0.25, 0.3) is 0 Å². The molecule has 1 aromatic carbocycles. The second-order valence-electron chi connectivity index (χ2n) is 4.01. The quantitative estimate of drug-likeness (QED) is 0.777. The summed E-state index contributed by atoms with van der Waals surface area (Å²) in [6.45, 7) is 1.36. The molecule has 16 heavy (non-hydrogen) atoms. The van der Waals surface area contributed by atoms with E-state index in [-0.39, 0.29) is 0 Å². The summed E-state index contributed by atoms with van der Waals surface area (Å²) in [6.07, 6.45) is 2.56. The molecule has 0 unspecified atom stereocenters. The third-order valence-electron chi connectivity index (χ3n) is 2.62. The third-order valence-corrected chi connectivity index (χ3v) is 3.05. The lowest BCUT2D eigenvalue weighted by molar-refractivity contribution is 0.0867. The minimum atomic E-state index is 0.579. The highest BCUT2D eigenvalue weighted by molar-refractivity contribution is 6.32. The lowest BCUT2D eigenvalue weighted by Crippen LogP contribution is -2.11. The molecule has 0 spiro atoms. The Hall–Kier alpha value is -0.770. The van der Waals surface area contributed by atoms with E-state index in [9.17, 15) is 0 Å². The molecule has 1 aliphatic rings. The number of hydrogen-bond acceptors (Lipinski definition) is 3. The largest absolute Gasteiger partial charge is 0.492 e. The van der Waals surface area contributed by atoms with Crippen LogP contribution in [0.5, 0.6) is 5.75 Å². The van der Waals surface area contributed by atoms with Crippen molar-refractivity contribution in [3.05, 3.63) is 28.8 Å². The van der Waals surface area contributed by atoms with Gasteiger partial charge in [-0.3, -0.25) is 0 Å². The molecule has 1 aromatic rings. The van der Waals surface area contributed by atoms with Gasteiger partial charge in [-0.15, -0.1) is 0 Å². The molecule has 2 rings (SSSR count). The van der Waals surface area contributed by atoms with E-state index in [0.717, 1.165) is 23.8 Å². The molecule has 0 heterocycles. The predicted molar refractivity (Wildman–Crippen MR) is 63.5 cm³/mol. The molecule has 88 valence electrons. The Morgan fingerprint density at radius 1 is 1.44 bits per heavy atom. The van der Waals surface area contributed by atoms with Gasteiger partial charge in [-0.05, 0) is 30.4 Å². The maximum atomic E-state index is 6.23. The van der Waals surface area contributed by atoms with Crippen LogP contribution in [0.3, 0.4) is 0 Å². The van der Waals surface area contributed by atoms with Crippen LogP contribution in [0, 0.1) is 5.92 Å². The van der Waals surface area contributed by atoms with E-state index in [1.165, 1.54) is 12.8 Å². The first-order valence-corrected chi connectivity index (χ1v) is 5.85. The van der Waals surface area contributed by atoms with Crippen molar-refractivity contribution in [1.82, 2.24) is 5.48 Å². The Labute approximate surface area is 101 Å². The molecule has 3 nitrogen and oxygen atoms in total. The summed E-state index contributed by atoms with van der Waals surface area (Å²) < 4.78 is 5.68. The molecule has 1 fully saturated rings. The molecule has 0 aliphatic heterocycles. The average molecular weight is 242 g/mol. The number of hydroxylamine groups is 1. The highest BCUT2D eigenvalue weighted by Crippen LogP contribution is 2.32. The maximum Gasteiger partial charge on any atom is 0.138 e. The Bertz CT molecular complexity index is 353. The number of ether oxygens (including phenoxy) is 1. The minimum Gasteiger partial charge on any atom is -0.492 e. The molecular formula is C12H16ClNO2. The summed E-state index contributed by atoms with van der Waals surface area (Å²) >= 11 is 6.23. The first-order chi connectivity index (χ1) is 7.81. The van der Waals surface area contributed by atoms with Crippen molar-refractivity contribution in [1.29, 1.82) is 0 Å². The molecule has 0 radical (unpaired) electrons. The van der Waals surface area contributed by atoms with E-state index in [1.54, 1.807) is 7.11 Å². The van der Waals surface area contributed by atoms with E-state index < -0.39 is 0 Å². The van der Waals surface area contributed by atoms with Crippen LogP contribution >= 0.6 is 11.6 Å². The summed E-state index contributed by atoms with van der Waals surface area (Å²) in [5, 5.41) is 0.674. The maximum absolute atomic E-state index is 6.23. The molecule has 0 saturated heterocycles. The summed E-state index contributed by atoms with van der Waals surface area (Å²) in [7, 11) is 1.58. The molecule has 0 amide bonds. The Balaban J connectivity index is 1.99. The number of halogens is 1. The Kier molecular flexibility index (Phi) is 4.04. The van der Waals surface area contributed by atoms with Crippen LogP contribution in [0.4, 0.5) is 0 Å². The van der Waals surface area contributed by atoms with Gasteiger partial charge in [-0.2, -0.15) is 5.48 Å². The van der Waals surface area contributed by atoms with Gasteiger partial charge in [0.05, 0.1) is 18.7 Å². The molecule has 0 bridgehead atoms. The van der Waals surface area contributed by atoms with Gasteiger partial charge in [-0.25, -0.2) is 0 Å². The highest BCUT2D eigenvalue weighted by Gasteiger charge is 2.22. The van der Waals surface area contributed by atoms with Crippen molar-refractivity contribution in [2.75, 3.05) is 13.7 Å². The van der Waals surface area contributed by atoms with Crippen LogP contribution in [0.25, 0.3) is 0 Å². The van der Waals surface area contributed by atoms with Crippen LogP contribution in [0.1, 0.15) is 18.4 Å². The van der Waals surface area contributed by atoms with E-state index in [0.29, 0.717) is 11.6 Å². The third kappa shape index (κ3) is 3.11. The first kappa shape index (κ1) is 11.7. The smallest absolute Gasteiger partial charge is 0.138 e. The van der Waals surface area contributed by atoms with Gasteiger partial charge in [0.1, 0.15) is 5.75 Å². The average Bonchev–Trinajstić information content (AvgIpc) is 3.10. The predicted octanol–water partition coefficient (Wildman–Crippen LogP) is 2.78. The second-order valence-corrected chi connectivity index (χ2v) is 4.39. The fraction of sp³-hybridized carbons (Fsp3) is 0.500. The van der Waals surface area contributed by atoms with Crippen molar-refractivity contribution in [3.63, 3.8) is 0 Å². The highest BCUT2D eigenvalue weighted by atomic mass is 35.5. The van der Waals surface area contributed by atoms with Gasteiger partial charge in [0.15, 0.2) is 0 Å². The van der Waals surface area contributed by atoms with Gasteiger partial charge in [0, 0.05) is 6.54 Å². The van der Waals surface area contributed by atoms with E-state index in [4.69, 9.17) is 21.2 Å². The topological polar surface area (TPSA) is 30.5 Å². The fourth-order valence-electron chi connectivity index (χ4n) is 1.45. The lowest BCUT2D eigenvalue weighted by atomic mass is 10.2. The monoisotopic (exact) mass is 241 g/mol. The molecule has 0 atom stereocenters. The summed E-state index contributed by atoms with van der Waals surface area (Å²) in [5.74, 6) is 1.50. The van der Waals surface area contributed by atoms with Crippen molar-refractivity contribution in [2.24, 2.45) is 5.92 Å². The van der Waals surface area contributed by atoms with Crippen LogP contribution in [0.2, 0.25) is 5.02 Å². The first-order valence-electron chi connectivity index (χ1n) is 5.47. The number of benzene rings is 1. The van der Waals surface area contributed by atoms with E-state index in [1.807, 2.05) is 18.2 Å². The molecule has 4 heteroatoms. The number of nitrogens with one attached hydrogen (secondary N) is 1. The van der Waals surface area contributed by atoms with Crippen LogP contribution < -0.4 is 10.2 Å². The van der Waals surface area contributed by atoms with Gasteiger partial charge in [0.2, 0.25) is 0 Å². The molecule has 1 N–H and O–H groups in total. The Morgan fingerprint density at radius 3 is 2.94 bits per heavy atom. The van der Waals surface area contributed by atoms with Crippen molar-refractivity contribution < 1.29 is 9.57 Å². The normalized spacial score (nSPS) is 15.1. The number of hydrogen-bond donors (Lipinski definition) is 1. The van der Waals surface area contributed by atoms with Crippen LogP contribution in [0.15, 0.2) is 18.2 Å². The zero-order valence-electron chi connectivity index (χ0n) is 9.33. The van der Waals surface area contributed by atoms with Crippen LogP contribution in [-0.4, -0.2) is 13.7 Å². The summed E-state index contributed by atoms with van der Waals surface area (Å²) in [5.41, 5.74) is 3.75. The van der Waals surface area contributed by atoms with E-state index in [2.05, 4.69) is 5.48 Å². The summed E-state index contributed by atoms with van der Waals surface area (Å²) in [6, 6.07) is 5.81.